The predicted octanol–water partition coefficient (Wildman–Crippen LogP) is 0.712. The molecule has 19 heavy (non-hydrogen) atoms. The van der Waals surface area contributed by atoms with E-state index >= 15 is 0 Å². The van der Waals surface area contributed by atoms with Gasteiger partial charge in [-0.25, -0.2) is 0 Å². The first-order chi connectivity index (χ1) is 9.08. The summed E-state index contributed by atoms with van der Waals surface area (Å²) in [6, 6.07) is 9.72. The van der Waals surface area contributed by atoms with Gasteiger partial charge in [-0.05, 0) is 12.0 Å². The third-order valence-corrected chi connectivity index (χ3v) is 3.15. The molecule has 1 aromatic rings. The minimum absolute atomic E-state index is 0.0511. The number of hydrogen-bond acceptors (Lipinski definition) is 4. The quantitative estimate of drug-likeness (QED) is 0.812. The smallest absolute Gasteiger partial charge is 0.303 e. The Labute approximate surface area is 111 Å². The minimum atomic E-state index is -1.04. The molecule has 1 N–H and O–H groups in total. The molecule has 0 aliphatic carbocycles. The van der Waals surface area contributed by atoms with E-state index in [0.717, 1.165) is 5.56 Å². The Balaban J connectivity index is 1.93. The summed E-state index contributed by atoms with van der Waals surface area (Å²) in [4.78, 5) is 24.0. The summed E-state index contributed by atoms with van der Waals surface area (Å²) < 4.78 is 4.92. The van der Waals surface area contributed by atoms with Crippen molar-refractivity contribution in [1.82, 2.24) is 4.90 Å². The molecule has 1 amide bonds. The van der Waals surface area contributed by atoms with Gasteiger partial charge in [0.25, 0.3) is 0 Å². The third-order valence-electron chi connectivity index (χ3n) is 3.15. The summed E-state index contributed by atoms with van der Waals surface area (Å²) in [5.74, 6) is -0.670. The fraction of sp³-hybridized carbons (Fsp3) is 0.429. The second-order valence-electron chi connectivity index (χ2n) is 4.59. The first-order valence-corrected chi connectivity index (χ1v) is 6.26. The van der Waals surface area contributed by atoms with E-state index in [0.29, 0.717) is 13.0 Å². The van der Waals surface area contributed by atoms with E-state index in [-0.39, 0.29) is 12.3 Å². The highest BCUT2D eigenvalue weighted by Gasteiger charge is 2.40. The largest absolute Gasteiger partial charge is 0.457 e. The van der Waals surface area contributed by atoms with E-state index in [1.807, 2.05) is 30.3 Å². The number of esters is 1. The Morgan fingerprint density at radius 2 is 2.11 bits per heavy atom. The van der Waals surface area contributed by atoms with Gasteiger partial charge in [-0.2, -0.15) is 0 Å². The number of aliphatic hydroxyl groups is 1. The summed E-state index contributed by atoms with van der Waals surface area (Å²) in [5.41, 5.74) is 1.10. The normalized spacial score (nSPS) is 22.6. The van der Waals surface area contributed by atoms with Crippen molar-refractivity contribution in [3.05, 3.63) is 35.9 Å². The van der Waals surface area contributed by atoms with Crippen molar-refractivity contribution in [2.45, 2.75) is 32.1 Å². The number of hydrogen-bond donors (Lipinski definition) is 1. The molecule has 1 unspecified atom stereocenters. The zero-order valence-electron chi connectivity index (χ0n) is 10.8. The Bertz CT molecular complexity index is 460. The molecule has 1 aromatic carbocycles. The van der Waals surface area contributed by atoms with Crippen LogP contribution in [0.2, 0.25) is 0 Å². The van der Waals surface area contributed by atoms with Gasteiger partial charge in [-0.1, -0.05) is 30.3 Å². The molecule has 1 fully saturated rings. The summed E-state index contributed by atoms with van der Waals surface area (Å²) >= 11 is 0. The molecule has 0 bridgehead atoms. The van der Waals surface area contributed by atoms with Crippen LogP contribution in [0.5, 0.6) is 0 Å². The number of nitrogens with zero attached hydrogens (tertiary/aromatic N) is 1. The first kappa shape index (κ1) is 13.5. The van der Waals surface area contributed by atoms with Crippen LogP contribution in [0.1, 0.15) is 18.9 Å². The number of rotatable bonds is 4. The summed E-state index contributed by atoms with van der Waals surface area (Å²) in [6.07, 6.45) is -1.08. The number of carbonyl (C=O) groups is 2. The Morgan fingerprint density at radius 3 is 2.74 bits per heavy atom. The zero-order valence-corrected chi connectivity index (χ0v) is 10.8. The number of benzene rings is 1. The van der Waals surface area contributed by atoms with E-state index in [1.165, 1.54) is 11.8 Å². The summed E-state index contributed by atoms with van der Waals surface area (Å²) in [7, 11) is 0. The van der Waals surface area contributed by atoms with E-state index in [2.05, 4.69) is 0 Å². The molecular weight excluding hydrogens is 246 g/mol. The van der Waals surface area contributed by atoms with E-state index in [4.69, 9.17) is 4.74 Å². The molecule has 1 aliphatic rings. The van der Waals surface area contributed by atoms with Crippen LogP contribution in [0.3, 0.4) is 0 Å². The first-order valence-electron chi connectivity index (χ1n) is 6.26. The molecule has 5 nitrogen and oxygen atoms in total. The second-order valence-corrected chi connectivity index (χ2v) is 4.59. The van der Waals surface area contributed by atoms with Crippen LogP contribution in [0.25, 0.3) is 0 Å². The Morgan fingerprint density at radius 1 is 1.42 bits per heavy atom. The number of ether oxygens (including phenoxy) is 1. The number of carbonyl (C=O) groups excluding carboxylic acids is 2. The van der Waals surface area contributed by atoms with Gasteiger partial charge in [-0.3, -0.25) is 9.59 Å². The van der Waals surface area contributed by atoms with Crippen LogP contribution in [0.15, 0.2) is 30.3 Å². The average molecular weight is 263 g/mol. The van der Waals surface area contributed by atoms with Gasteiger partial charge in [0.05, 0.1) is 6.42 Å². The van der Waals surface area contributed by atoms with Gasteiger partial charge < -0.3 is 14.7 Å². The molecule has 2 atom stereocenters. The third kappa shape index (κ3) is 3.32. The lowest BCUT2D eigenvalue weighted by Crippen LogP contribution is -2.39. The van der Waals surface area contributed by atoms with Crippen LogP contribution in [0.4, 0.5) is 0 Å². The lowest BCUT2D eigenvalue weighted by molar-refractivity contribution is -0.155. The summed E-state index contributed by atoms with van der Waals surface area (Å²) in [6.45, 7) is 1.69. The maximum atomic E-state index is 11.8. The molecule has 1 saturated heterocycles. The molecule has 2 rings (SSSR count). The average Bonchev–Trinajstić information content (AvgIpc) is 2.63. The van der Waals surface area contributed by atoms with Crippen molar-refractivity contribution in [2.75, 3.05) is 6.54 Å². The van der Waals surface area contributed by atoms with Gasteiger partial charge >= 0.3 is 5.97 Å². The van der Waals surface area contributed by atoms with Crippen molar-refractivity contribution in [2.24, 2.45) is 0 Å². The van der Waals surface area contributed by atoms with E-state index in [9.17, 15) is 14.7 Å². The Kier molecular flexibility index (Phi) is 4.16. The number of likely N-dealkylation sites (tertiary alicyclic amines) is 1. The number of amides is 1. The SMILES string of the molecule is CC(=O)O[C@H]1CC(=O)N(CCc2ccccc2)C1O. The zero-order chi connectivity index (χ0) is 13.8. The van der Waals surface area contributed by atoms with Crippen molar-refractivity contribution in [3.63, 3.8) is 0 Å². The number of aliphatic hydroxyl groups excluding tert-OH is 1. The van der Waals surface area contributed by atoms with E-state index < -0.39 is 18.3 Å². The van der Waals surface area contributed by atoms with Gasteiger partial charge in [0.1, 0.15) is 0 Å². The van der Waals surface area contributed by atoms with Gasteiger partial charge in [-0.15, -0.1) is 0 Å². The monoisotopic (exact) mass is 263 g/mol. The molecule has 1 heterocycles. The molecule has 0 saturated carbocycles. The highest BCUT2D eigenvalue weighted by atomic mass is 16.6. The predicted molar refractivity (Wildman–Crippen MR) is 68.0 cm³/mol. The summed E-state index contributed by atoms with van der Waals surface area (Å²) in [5, 5.41) is 9.97. The highest BCUT2D eigenvalue weighted by molar-refractivity contribution is 5.80. The molecule has 0 radical (unpaired) electrons. The van der Waals surface area contributed by atoms with Crippen molar-refractivity contribution in [3.8, 4) is 0 Å². The van der Waals surface area contributed by atoms with Crippen molar-refractivity contribution in [1.29, 1.82) is 0 Å². The van der Waals surface area contributed by atoms with Crippen LogP contribution < -0.4 is 0 Å². The van der Waals surface area contributed by atoms with Crippen LogP contribution in [-0.2, 0) is 20.7 Å². The lowest BCUT2D eigenvalue weighted by atomic mass is 10.1. The standard InChI is InChI=1S/C14H17NO4/c1-10(16)19-12-9-13(17)15(14(12)18)8-7-11-5-3-2-4-6-11/h2-6,12,14,18H,7-9H2,1H3/t12-,14?/m0/s1. The maximum Gasteiger partial charge on any atom is 0.303 e. The van der Waals surface area contributed by atoms with Gasteiger partial charge in [0, 0.05) is 13.5 Å². The van der Waals surface area contributed by atoms with Gasteiger partial charge in [0.2, 0.25) is 5.91 Å². The molecule has 1 aliphatic heterocycles. The second kappa shape index (κ2) is 5.84. The molecule has 0 spiro atoms. The topological polar surface area (TPSA) is 66.8 Å². The van der Waals surface area contributed by atoms with Crippen LogP contribution in [0, 0.1) is 0 Å². The lowest BCUT2D eigenvalue weighted by Gasteiger charge is -2.23. The van der Waals surface area contributed by atoms with Crippen LogP contribution in [-0.4, -0.2) is 40.8 Å². The molecule has 0 aromatic heterocycles. The van der Waals surface area contributed by atoms with Crippen LogP contribution >= 0.6 is 0 Å². The van der Waals surface area contributed by atoms with Gasteiger partial charge in [0.15, 0.2) is 12.3 Å². The van der Waals surface area contributed by atoms with E-state index in [1.54, 1.807) is 0 Å². The molecule has 102 valence electrons. The highest BCUT2D eigenvalue weighted by Crippen LogP contribution is 2.21. The maximum absolute atomic E-state index is 11.8. The fourth-order valence-electron chi connectivity index (χ4n) is 2.21. The van der Waals surface area contributed by atoms with Crippen molar-refractivity contribution < 1.29 is 19.4 Å². The minimum Gasteiger partial charge on any atom is -0.457 e. The molecular formula is C14H17NO4. The van der Waals surface area contributed by atoms with Crippen molar-refractivity contribution >= 4 is 11.9 Å². The fourth-order valence-corrected chi connectivity index (χ4v) is 2.21. The Hall–Kier alpha value is -1.88. The molecule has 5 heteroatoms.